The van der Waals surface area contributed by atoms with E-state index >= 15 is 0 Å². The van der Waals surface area contributed by atoms with Crippen molar-refractivity contribution in [2.45, 2.75) is 194 Å². The van der Waals surface area contributed by atoms with Crippen LogP contribution in [0.25, 0.3) is 0 Å². The van der Waals surface area contributed by atoms with Gasteiger partial charge in [-0.3, -0.25) is 0 Å². The molecular formula is C70H98. The van der Waals surface area contributed by atoms with Crippen LogP contribution < -0.4 is 0 Å². The van der Waals surface area contributed by atoms with E-state index in [4.69, 9.17) is 0 Å². The lowest BCUT2D eigenvalue weighted by molar-refractivity contribution is 1.13. The van der Waals surface area contributed by atoms with Crippen LogP contribution in [0.5, 0.6) is 0 Å². The van der Waals surface area contributed by atoms with Crippen LogP contribution in [0.4, 0.5) is 0 Å². The molecular weight excluding hydrogens is 841 g/mol. The van der Waals surface area contributed by atoms with Gasteiger partial charge in [0.2, 0.25) is 0 Å². The Morgan fingerprint density at radius 2 is 0.329 bits per heavy atom. The highest BCUT2D eigenvalue weighted by Crippen LogP contribution is 2.25. The third kappa shape index (κ3) is 19.4. The molecule has 378 valence electrons. The molecule has 0 spiro atoms. The normalized spacial score (nSPS) is 10.0. The topological polar surface area (TPSA) is 0 Å². The summed E-state index contributed by atoms with van der Waals surface area (Å²) >= 11 is 0. The Morgan fingerprint density at radius 3 is 0.614 bits per heavy atom. The lowest BCUT2D eigenvalue weighted by Gasteiger charge is -2.15. The van der Waals surface area contributed by atoms with Crippen LogP contribution in [0.1, 0.15) is 156 Å². The van der Waals surface area contributed by atoms with Gasteiger partial charge in [0.25, 0.3) is 0 Å². The average Bonchev–Trinajstić information content (AvgIpc) is 3.31. The predicted octanol–water partition coefficient (Wildman–Crippen LogP) is 20.4. The first-order chi connectivity index (χ1) is 32.3. The Hall–Kier alpha value is -5.46. The molecule has 0 aliphatic rings. The third-order valence-corrected chi connectivity index (χ3v) is 15.5. The average molecular weight is 940 g/mol. The van der Waals surface area contributed by atoms with Gasteiger partial charge in [0, 0.05) is 0 Å². The number of rotatable bonds is 0. The summed E-state index contributed by atoms with van der Waals surface area (Å²) in [6, 6.07) is 30.5. The van der Waals surface area contributed by atoms with E-state index in [9.17, 15) is 0 Å². The molecule has 0 heteroatoms. The van der Waals surface area contributed by atoms with Gasteiger partial charge in [-0.2, -0.15) is 0 Å². The van der Waals surface area contributed by atoms with Crippen molar-refractivity contribution < 1.29 is 0 Å². The first-order valence-corrected chi connectivity index (χ1v) is 25.6. The van der Waals surface area contributed by atoms with Crippen molar-refractivity contribution in [1.29, 1.82) is 0 Å². The van der Waals surface area contributed by atoms with E-state index in [0.717, 1.165) is 0 Å². The van der Waals surface area contributed by atoms with Crippen LogP contribution in [-0.2, 0) is 0 Å². The van der Waals surface area contributed by atoms with Gasteiger partial charge >= 0.3 is 0 Å². The standard InChI is InChI=1S/C12H18.C11H16.3C10H14.C9H12.C8H10/c1-7-8(2)10(4)12(6)11(5)9(7)3;1-7-6-8(2)10(4)11(5)9(7)3;1-7-5-9(3)10(4)6-8(7)2;1-7-5-8(2)10(4)9(3)6-7;1-7-5-6-8(2)10(4)9(7)3;1-7-4-5-8(2)9(3)6-7;1-7-3-5-8(2)6-4-7/h1-6H3;6H,1-5H3;3*5-6H,1-4H3;4-6H,1-3H3;3-6H,1-2H3. The van der Waals surface area contributed by atoms with Crippen LogP contribution in [-0.4, -0.2) is 0 Å². The molecule has 0 nitrogen and oxygen atoms in total. The smallest absolute Gasteiger partial charge is 0.0392 e. The van der Waals surface area contributed by atoms with Crippen LogP contribution in [0.2, 0.25) is 0 Å². The molecule has 0 aliphatic carbocycles. The molecule has 0 fully saturated rings. The van der Waals surface area contributed by atoms with E-state index < -0.39 is 0 Å². The van der Waals surface area contributed by atoms with Gasteiger partial charge < -0.3 is 0 Å². The second-order valence-corrected chi connectivity index (χ2v) is 20.9. The molecule has 0 radical (unpaired) electrons. The van der Waals surface area contributed by atoms with E-state index in [-0.39, 0.29) is 0 Å². The SMILES string of the molecule is Cc1c(C)c(C)c(C)c(C)c1C.Cc1cc(C)c(C)c(C)c1.Cc1cc(C)c(C)c(C)c1C.Cc1cc(C)c(C)cc1C.Cc1ccc(C)c(C)c1.Cc1ccc(C)c(C)c1C.Cc1ccc(C)cc1. The summed E-state index contributed by atoms with van der Waals surface area (Å²) in [6.45, 7) is 60.7. The van der Waals surface area contributed by atoms with Crippen LogP contribution in [0.15, 0.2) is 84.9 Å². The molecule has 0 N–H and O–H groups in total. The zero-order chi connectivity index (χ0) is 54.1. The third-order valence-electron chi connectivity index (χ3n) is 15.5. The number of aryl methyl sites for hydroxylation is 16. The molecule has 0 saturated heterocycles. The Labute approximate surface area is 432 Å². The second kappa shape index (κ2) is 29.0. The summed E-state index contributed by atoms with van der Waals surface area (Å²) in [6.07, 6.45) is 0. The molecule has 7 aromatic rings. The van der Waals surface area contributed by atoms with Gasteiger partial charge in [-0.05, 0) is 327 Å². The minimum absolute atomic E-state index is 1.33. The van der Waals surface area contributed by atoms with Gasteiger partial charge in [0.1, 0.15) is 0 Å². The summed E-state index contributed by atoms with van der Waals surface area (Å²) in [5, 5.41) is 0. The number of hydrogen-bond donors (Lipinski definition) is 0. The summed E-state index contributed by atoms with van der Waals surface area (Å²) in [4.78, 5) is 0. The molecule has 0 aliphatic heterocycles. The van der Waals surface area contributed by atoms with Crippen molar-refractivity contribution in [3.63, 3.8) is 0 Å². The lowest BCUT2D eigenvalue weighted by atomic mass is 9.90. The Morgan fingerprint density at radius 1 is 0.129 bits per heavy atom. The minimum atomic E-state index is 1.33. The predicted molar refractivity (Wildman–Crippen MR) is 318 cm³/mol. The van der Waals surface area contributed by atoms with E-state index in [1.807, 2.05) is 0 Å². The van der Waals surface area contributed by atoms with Crippen molar-refractivity contribution in [3.8, 4) is 0 Å². The first kappa shape index (κ1) is 62.6. The zero-order valence-corrected chi connectivity index (χ0v) is 50.1. The van der Waals surface area contributed by atoms with Crippen molar-refractivity contribution in [2.24, 2.45) is 0 Å². The molecule has 0 heterocycles. The molecule has 0 bridgehead atoms. The fourth-order valence-electron chi connectivity index (χ4n) is 8.08. The van der Waals surface area contributed by atoms with Crippen molar-refractivity contribution >= 4 is 0 Å². The molecule has 0 saturated carbocycles. The van der Waals surface area contributed by atoms with Crippen LogP contribution in [0, 0.1) is 194 Å². The van der Waals surface area contributed by atoms with Crippen molar-refractivity contribution in [2.75, 3.05) is 0 Å². The lowest BCUT2D eigenvalue weighted by Crippen LogP contribution is -1.98. The van der Waals surface area contributed by atoms with Gasteiger partial charge in [0.05, 0.1) is 0 Å². The first-order valence-electron chi connectivity index (χ1n) is 25.6. The summed E-state index contributed by atoms with van der Waals surface area (Å²) in [5.41, 5.74) is 39.4. The maximum Gasteiger partial charge on any atom is -0.0392 e. The molecule has 7 aromatic carbocycles. The summed E-state index contributed by atoms with van der Waals surface area (Å²) < 4.78 is 0. The fraction of sp³-hybridized carbons (Fsp3) is 0.400. The highest BCUT2D eigenvalue weighted by atomic mass is 14.1. The van der Waals surface area contributed by atoms with E-state index in [0.29, 0.717) is 0 Å². The van der Waals surface area contributed by atoms with E-state index in [1.54, 1.807) is 0 Å². The highest BCUT2D eigenvalue weighted by molar-refractivity contribution is 5.49. The van der Waals surface area contributed by atoms with Crippen molar-refractivity contribution in [1.82, 2.24) is 0 Å². The molecule has 0 amide bonds. The summed E-state index contributed by atoms with van der Waals surface area (Å²) in [7, 11) is 0. The highest BCUT2D eigenvalue weighted by Gasteiger charge is 2.08. The van der Waals surface area contributed by atoms with Gasteiger partial charge in [0.15, 0.2) is 0 Å². The van der Waals surface area contributed by atoms with Gasteiger partial charge in [-0.15, -0.1) is 0 Å². The minimum Gasteiger partial charge on any atom is -0.0591 e. The zero-order valence-electron chi connectivity index (χ0n) is 50.1. The Bertz CT molecular complexity index is 2550. The monoisotopic (exact) mass is 939 g/mol. The largest absolute Gasteiger partial charge is 0.0591 e. The molecule has 0 atom stereocenters. The van der Waals surface area contributed by atoms with E-state index in [2.05, 4.69) is 279 Å². The maximum atomic E-state index is 2.26. The van der Waals surface area contributed by atoms with Gasteiger partial charge in [-0.25, -0.2) is 0 Å². The van der Waals surface area contributed by atoms with E-state index in [1.165, 1.54) is 156 Å². The van der Waals surface area contributed by atoms with Gasteiger partial charge in [-0.1, -0.05) is 107 Å². The quantitative estimate of drug-likeness (QED) is 0.142. The fourth-order valence-corrected chi connectivity index (χ4v) is 8.08. The number of benzene rings is 7. The summed E-state index contributed by atoms with van der Waals surface area (Å²) in [5.74, 6) is 0. The maximum absolute atomic E-state index is 2.26. The number of hydrogen-bond acceptors (Lipinski definition) is 0. The van der Waals surface area contributed by atoms with Crippen LogP contribution in [0.3, 0.4) is 0 Å². The Balaban J connectivity index is 0.000000409. The second-order valence-electron chi connectivity index (χ2n) is 20.9. The molecule has 7 rings (SSSR count). The molecule has 0 aromatic heterocycles. The van der Waals surface area contributed by atoms with Crippen LogP contribution >= 0.6 is 0 Å². The Kier molecular flexibility index (Phi) is 25.9. The molecule has 70 heavy (non-hydrogen) atoms. The van der Waals surface area contributed by atoms with Crippen molar-refractivity contribution in [3.05, 3.63) is 241 Å². The molecule has 0 unspecified atom stereocenters.